The molecule has 6 rings (SSSR count). The molecule has 0 saturated carbocycles. The fourth-order valence-electron chi connectivity index (χ4n) is 5.15. The molecule has 0 spiro atoms. The maximum atomic E-state index is 13.8. The maximum Gasteiger partial charge on any atom is 0.253 e. The third kappa shape index (κ3) is 5.21. The topological polar surface area (TPSA) is 106 Å². The van der Waals surface area contributed by atoms with Gasteiger partial charge in [-0.15, -0.1) is 5.10 Å². The first-order valence-corrected chi connectivity index (χ1v) is 13.3. The van der Waals surface area contributed by atoms with E-state index in [0.29, 0.717) is 41.8 Å². The molecule has 1 unspecified atom stereocenters. The van der Waals surface area contributed by atoms with Crippen LogP contribution in [0.4, 0.5) is 0 Å². The number of fused-ring (bicyclic) bond motifs is 1. The van der Waals surface area contributed by atoms with Crippen LogP contribution >= 0.6 is 11.6 Å². The number of furan rings is 2. The van der Waals surface area contributed by atoms with E-state index in [4.69, 9.17) is 20.4 Å². The van der Waals surface area contributed by atoms with Crippen LogP contribution in [0.3, 0.4) is 0 Å². The number of hydrogen-bond donors (Lipinski definition) is 1. The Bertz CT molecular complexity index is 1810. The lowest BCUT2D eigenvalue weighted by atomic mass is 9.99. The van der Waals surface area contributed by atoms with Crippen molar-refractivity contribution in [2.45, 2.75) is 39.5 Å². The molecule has 0 fully saturated rings. The summed E-state index contributed by atoms with van der Waals surface area (Å²) >= 11 is 6.62. The molecule has 0 bridgehead atoms. The summed E-state index contributed by atoms with van der Waals surface area (Å²) in [5, 5.41) is 14.3. The molecule has 4 aromatic heterocycles. The van der Waals surface area contributed by atoms with Gasteiger partial charge < -0.3 is 13.8 Å². The van der Waals surface area contributed by atoms with Gasteiger partial charge in [-0.2, -0.15) is 0 Å². The summed E-state index contributed by atoms with van der Waals surface area (Å²) in [5.74, 6) is 1.91. The summed E-state index contributed by atoms with van der Waals surface area (Å²) < 4.78 is 13.0. The highest BCUT2D eigenvalue weighted by atomic mass is 35.5. The van der Waals surface area contributed by atoms with Crippen molar-refractivity contribution in [1.82, 2.24) is 30.1 Å². The Morgan fingerprint density at radius 3 is 2.50 bits per heavy atom. The number of aromatic amines is 1. The van der Waals surface area contributed by atoms with E-state index in [1.807, 2.05) is 74.5 Å². The summed E-state index contributed by atoms with van der Waals surface area (Å²) in [4.78, 5) is 19.0. The molecule has 0 saturated heterocycles. The van der Waals surface area contributed by atoms with Crippen LogP contribution in [0.25, 0.3) is 10.9 Å². The van der Waals surface area contributed by atoms with Gasteiger partial charge >= 0.3 is 0 Å². The van der Waals surface area contributed by atoms with E-state index < -0.39 is 6.04 Å². The van der Waals surface area contributed by atoms with Gasteiger partial charge in [0, 0.05) is 28.0 Å². The molecular formula is C30H27ClN6O3. The molecule has 0 amide bonds. The molecule has 40 heavy (non-hydrogen) atoms. The Balaban J connectivity index is 1.55. The number of nitrogens with zero attached hydrogens (tertiary/aromatic N) is 5. The molecular weight excluding hydrogens is 528 g/mol. The van der Waals surface area contributed by atoms with Crippen molar-refractivity contribution in [2.24, 2.45) is 0 Å². The zero-order valence-electron chi connectivity index (χ0n) is 22.0. The van der Waals surface area contributed by atoms with Crippen LogP contribution in [0.15, 0.2) is 92.9 Å². The highest BCUT2D eigenvalue weighted by Crippen LogP contribution is 2.32. The highest BCUT2D eigenvalue weighted by Gasteiger charge is 2.32. The van der Waals surface area contributed by atoms with Crippen LogP contribution < -0.4 is 5.56 Å². The van der Waals surface area contributed by atoms with Gasteiger partial charge in [-0.1, -0.05) is 35.9 Å². The van der Waals surface area contributed by atoms with Crippen LogP contribution in [0.5, 0.6) is 0 Å². The SMILES string of the molecule is Cc1cc(C)c2cc(C(c3nnnn3Cc3ccco3)N(Cc3ccco3)Cc3ccccc3Cl)c(=O)[nH]c2c1. The van der Waals surface area contributed by atoms with E-state index >= 15 is 0 Å². The lowest BCUT2D eigenvalue weighted by Crippen LogP contribution is -2.35. The molecule has 6 aromatic rings. The third-order valence-corrected chi connectivity index (χ3v) is 7.33. The van der Waals surface area contributed by atoms with E-state index in [2.05, 4.69) is 31.5 Å². The normalized spacial score (nSPS) is 12.4. The number of benzene rings is 2. The predicted octanol–water partition coefficient (Wildman–Crippen LogP) is 5.81. The van der Waals surface area contributed by atoms with E-state index in [1.54, 1.807) is 17.2 Å². The van der Waals surface area contributed by atoms with Crippen LogP contribution in [0.1, 0.15) is 45.6 Å². The maximum absolute atomic E-state index is 13.8. The van der Waals surface area contributed by atoms with Gasteiger partial charge in [0.1, 0.15) is 24.1 Å². The van der Waals surface area contributed by atoms with Gasteiger partial charge in [-0.05, 0) is 83.4 Å². The minimum absolute atomic E-state index is 0.223. The Morgan fingerprint density at radius 2 is 1.75 bits per heavy atom. The Hall–Kier alpha value is -4.47. The number of aromatic nitrogens is 5. The van der Waals surface area contributed by atoms with Crippen LogP contribution in [0, 0.1) is 13.8 Å². The fraction of sp³-hybridized carbons (Fsp3) is 0.200. The highest BCUT2D eigenvalue weighted by molar-refractivity contribution is 6.31. The molecule has 202 valence electrons. The molecule has 9 nitrogen and oxygen atoms in total. The largest absolute Gasteiger partial charge is 0.468 e. The summed E-state index contributed by atoms with van der Waals surface area (Å²) in [7, 11) is 0. The van der Waals surface area contributed by atoms with Gasteiger partial charge in [-0.25, -0.2) is 4.68 Å². The molecule has 4 heterocycles. The van der Waals surface area contributed by atoms with Crippen molar-refractivity contribution < 1.29 is 8.83 Å². The second-order valence-corrected chi connectivity index (χ2v) is 10.3. The summed E-state index contributed by atoms with van der Waals surface area (Å²) in [6, 6.07) is 20.5. The number of halogens is 1. The van der Waals surface area contributed by atoms with Crippen LogP contribution in [-0.4, -0.2) is 30.1 Å². The number of hydrogen-bond acceptors (Lipinski definition) is 7. The molecule has 0 aliphatic rings. The van der Waals surface area contributed by atoms with Gasteiger partial charge in [0.25, 0.3) is 5.56 Å². The van der Waals surface area contributed by atoms with Crippen molar-refractivity contribution in [3.05, 3.63) is 134 Å². The minimum Gasteiger partial charge on any atom is -0.468 e. The molecule has 0 aliphatic carbocycles. The number of H-pyrrole nitrogens is 1. The molecule has 2 aromatic carbocycles. The van der Waals surface area contributed by atoms with Gasteiger partial charge in [-0.3, -0.25) is 9.69 Å². The summed E-state index contributed by atoms with van der Waals surface area (Å²) in [6.07, 6.45) is 3.24. The van der Waals surface area contributed by atoms with Crippen LogP contribution in [-0.2, 0) is 19.6 Å². The number of tetrazole rings is 1. The lowest BCUT2D eigenvalue weighted by molar-refractivity contribution is 0.179. The van der Waals surface area contributed by atoms with Crippen molar-refractivity contribution >= 4 is 22.5 Å². The van der Waals surface area contributed by atoms with E-state index in [9.17, 15) is 4.79 Å². The first-order chi connectivity index (χ1) is 19.5. The third-order valence-electron chi connectivity index (χ3n) is 6.96. The van der Waals surface area contributed by atoms with Gasteiger partial charge in [0.15, 0.2) is 5.82 Å². The fourth-order valence-corrected chi connectivity index (χ4v) is 5.34. The Kier molecular flexibility index (Phi) is 7.06. The quantitative estimate of drug-likeness (QED) is 0.240. The van der Waals surface area contributed by atoms with E-state index in [-0.39, 0.29) is 5.56 Å². The van der Waals surface area contributed by atoms with Crippen molar-refractivity contribution in [3.8, 4) is 0 Å². The zero-order chi connectivity index (χ0) is 27.6. The second kappa shape index (κ2) is 11.0. The number of pyridine rings is 1. The van der Waals surface area contributed by atoms with E-state index in [1.165, 1.54) is 0 Å². The molecule has 1 N–H and O–H groups in total. The minimum atomic E-state index is -0.653. The first-order valence-electron chi connectivity index (χ1n) is 12.9. The average Bonchev–Trinajstić information content (AvgIpc) is 3.71. The van der Waals surface area contributed by atoms with Gasteiger partial charge in [0.2, 0.25) is 0 Å². The standard InChI is InChI=1S/C30H27ClN6O3/c1-19-13-20(2)24-15-25(30(38)32-27(24)14-19)28(29-33-34-35-37(29)18-23-9-6-12-40-23)36(17-22-8-5-11-39-22)16-21-7-3-4-10-26(21)31/h3-15,28H,16-18H2,1-2H3,(H,32,38). The number of rotatable bonds is 9. The molecule has 0 aliphatic heterocycles. The van der Waals surface area contributed by atoms with Crippen molar-refractivity contribution in [1.29, 1.82) is 0 Å². The number of aryl methyl sites for hydroxylation is 2. The lowest BCUT2D eigenvalue weighted by Gasteiger charge is -2.30. The Morgan fingerprint density at radius 1 is 0.975 bits per heavy atom. The smallest absolute Gasteiger partial charge is 0.253 e. The van der Waals surface area contributed by atoms with Gasteiger partial charge in [0.05, 0.1) is 19.1 Å². The van der Waals surface area contributed by atoms with Crippen molar-refractivity contribution in [3.63, 3.8) is 0 Å². The monoisotopic (exact) mass is 554 g/mol. The number of nitrogens with one attached hydrogen (secondary N) is 1. The van der Waals surface area contributed by atoms with Crippen LogP contribution in [0.2, 0.25) is 5.02 Å². The molecule has 1 atom stereocenters. The predicted molar refractivity (Wildman–Crippen MR) is 151 cm³/mol. The Labute approximate surface area is 235 Å². The van der Waals surface area contributed by atoms with E-state index in [0.717, 1.165) is 33.4 Å². The zero-order valence-corrected chi connectivity index (χ0v) is 22.8. The summed E-state index contributed by atoms with van der Waals surface area (Å²) in [6.45, 7) is 5.14. The second-order valence-electron chi connectivity index (χ2n) is 9.85. The molecule has 10 heteroatoms. The molecule has 0 radical (unpaired) electrons. The summed E-state index contributed by atoms with van der Waals surface area (Å²) in [5.41, 5.74) is 4.10. The van der Waals surface area contributed by atoms with Crippen molar-refractivity contribution in [2.75, 3.05) is 0 Å². The average molecular weight is 555 g/mol. The first kappa shape index (κ1) is 25.8.